The molecule has 2 saturated carbocycles. The number of ether oxygens (including phenoxy) is 2. The van der Waals surface area contributed by atoms with Gasteiger partial charge in [0.25, 0.3) is 0 Å². The SMILES string of the molecule is C=C(C)C(=O)OC1CCC(C2CCC(OC(=O)C(=C)C)CC2)CC1. The molecule has 2 fully saturated rings. The number of hydrogen-bond donors (Lipinski definition) is 0. The van der Waals surface area contributed by atoms with Crippen LogP contribution in [0.15, 0.2) is 24.3 Å². The van der Waals surface area contributed by atoms with Crippen LogP contribution in [0.2, 0.25) is 0 Å². The van der Waals surface area contributed by atoms with Gasteiger partial charge >= 0.3 is 11.9 Å². The number of carbonyl (C=O) groups is 2. The molecular weight excluding hydrogens is 304 g/mol. The molecule has 2 aliphatic rings. The third-order valence-corrected chi connectivity index (χ3v) is 5.35. The van der Waals surface area contributed by atoms with Gasteiger partial charge in [-0.1, -0.05) is 13.2 Å². The van der Waals surface area contributed by atoms with Crippen LogP contribution in [-0.4, -0.2) is 24.1 Å². The molecule has 4 nitrogen and oxygen atoms in total. The van der Waals surface area contributed by atoms with Crippen LogP contribution in [0, 0.1) is 11.8 Å². The first-order chi connectivity index (χ1) is 11.4. The van der Waals surface area contributed by atoms with Gasteiger partial charge in [-0.25, -0.2) is 9.59 Å². The molecule has 0 N–H and O–H groups in total. The van der Waals surface area contributed by atoms with Crippen molar-refractivity contribution in [2.75, 3.05) is 0 Å². The van der Waals surface area contributed by atoms with Crippen LogP contribution < -0.4 is 0 Å². The normalized spacial score (nSPS) is 30.2. The minimum atomic E-state index is -0.265. The zero-order valence-electron chi connectivity index (χ0n) is 15.0. The number of rotatable bonds is 5. The zero-order chi connectivity index (χ0) is 17.7. The van der Waals surface area contributed by atoms with E-state index in [9.17, 15) is 9.59 Å². The van der Waals surface area contributed by atoms with Gasteiger partial charge in [-0.2, -0.15) is 0 Å². The first-order valence-corrected chi connectivity index (χ1v) is 9.09. The van der Waals surface area contributed by atoms with E-state index in [1.165, 1.54) is 0 Å². The lowest BCUT2D eigenvalue weighted by atomic mass is 9.72. The van der Waals surface area contributed by atoms with E-state index >= 15 is 0 Å². The average molecular weight is 334 g/mol. The van der Waals surface area contributed by atoms with Gasteiger partial charge in [-0.3, -0.25) is 0 Å². The highest BCUT2D eigenvalue weighted by molar-refractivity contribution is 5.87. The summed E-state index contributed by atoms with van der Waals surface area (Å²) < 4.78 is 10.9. The Morgan fingerprint density at radius 1 is 0.667 bits per heavy atom. The first-order valence-electron chi connectivity index (χ1n) is 9.09. The van der Waals surface area contributed by atoms with Crippen molar-refractivity contribution in [1.82, 2.24) is 0 Å². The highest BCUT2D eigenvalue weighted by Crippen LogP contribution is 2.39. The van der Waals surface area contributed by atoms with E-state index in [0.29, 0.717) is 23.0 Å². The van der Waals surface area contributed by atoms with Gasteiger partial charge in [-0.15, -0.1) is 0 Å². The molecule has 2 rings (SSSR count). The van der Waals surface area contributed by atoms with Crippen LogP contribution in [0.4, 0.5) is 0 Å². The van der Waals surface area contributed by atoms with E-state index in [2.05, 4.69) is 13.2 Å². The van der Waals surface area contributed by atoms with Crippen LogP contribution in [0.1, 0.15) is 65.2 Å². The molecular formula is C20H30O4. The smallest absolute Gasteiger partial charge is 0.333 e. The van der Waals surface area contributed by atoms with E-state index in [1.807, 2.05) is 0 Å². The summed E-state index contributed by atoms with van der Waals surface area (Å²) in [6.07, 6.45) is 8.40. The molecule has 0 unspecified atom stereocenters. The first kappa shape index (κ1) is 18.8. The Bertz CT molecular complexity index is 446. The fourth-order valence-corrected chi connectivity index (χ4v) is 3.86. The Labute approximate surface area is 145 Å². The molecule has 0 aliphatic heterocycles. The van der Waals surface area contributed by atoms with Crippen molar-refractivity contribution >= 4 is 11.9 Å². The summed E-state index contributed by atoms with van der Waals surface area (Å²) in [5.41, 5.74) is 0.944. The maximum absolute atomic E-state index is 11.6. The number of esters is 2. The molecule has 0 aromatic carbocycles. The molecule has 0 amide bonds. The van der Waals surface area contributed by atoms with E-state index in [-0.39, 0.29) is 24.1 Å². The van der Waals surface area contributed by atoms with Gasteiger partial charge in [0.1, 0.15) is 12.2 Å². The summed E-state index contributed by atoms with van der Waals surface area (Å²) in [7, 11) is 0. The standard InChI is InChI=1S/C20H30O4/c1-13(2)19(21)23-17-9-5-15(6-10-17)16-7-11-18(12-8-16)24-20(22)14(3)4/h15-18H,1,3,5-12H2,2,4H3. The minimum Gasteiger partial charge on any atom is -0.459 e. The quantitative estimate of drug-likeness (QED) is 0.554. The largest absolute Gasteiger partial charge is 0.459 e. The lowest BCUT2D eigenvalue weighted by Crippen LogP contribution is -2.32. The van der Waals surface area contributed by atoms with Crippen molar-refractivity contribution < 1.29 is 19.1 Å². The Balaban J connectivity index is 1.70. The molecule has 0 aromatic rings. The number of hydrogen-bond acceptors (Lipinski definition) is 4. The molecule has 2 aliphatic carbocycles. The Morgan fingerprint density at radius 2 is 0.958 bits per heavy atom. The molecule has 4 heteroatoms. The van der Waals surface area contributed by atoms with E-state index < -0.39 is 0 Å². The van der Waals surface area contributed by atoms with E-state index in [4.69, 9.17) is 9.47 Å². The van der Waals surface area contributed by atoms with Gasteiger partial charge in [0.2, 0.25) is 0 Å². The third kappa shape index (κ3) is 5.22. The Hall–Kier alpha value is -1.58. The van der Waals surface area contributed by atoms with Crippen LogP contribution in [0.3, 0.4) is 0 Å². The van der Waals surface area contributed by atoms with Crippen molar-refractivity contribution in [2.24, 2.45) is 11.8 Å². The predicted molar refractivity (Wildman–Crippen MR) is 93.3 cm³/mol. The lowest BCUT2D eigenvalue weighted by Gasteiger charge is -2.37. The van der Waals surface area contributed by atoms with Crippen molar-refractivity contribution in [3.05, 3.63) is 24.3 Å². The molecule has 0 bridgehead atoms. The summed E-state index contributed by atoms with van der Waals surface area (Å²) in [6.45, 7) is 10.6. The summed E-state index contributed by atoms with van der Waals surface area (Å²) in [5.74, 6) is 0.890. The molecule has 0 atom stereocenters. The van der Waals surface area contributed by atoms with Crippen molar-refractivity contribution in [2.45, 2.75) is 77.4 Å². The highest BCUT2D eigenvalue weighted by atomic mass is 16.5. The summed E-state index contributed by atoms with van der Waals surface area (Å²) in [4.78, 5) is 23.2. The van der Waals surface area contributed by atoms with Gasteiger partial charge in [0.15, 0.2) is 0 Å². The predicted octanol–water partition coefficient (Wildman–Crippen LogP) is 4.34. The average Bonchev–Trinajstić information content (AvgIpc) is 2.56. The van der Waals surface area contributed by atoms with Crippen LogP contribution in [0.25, 0.3) is 0 Å². The van der Waals surface area contributed by atoms with Gasteiger partial charge < -0.3 is 9.47 Å². The molecule has 0 heterocycles. The van der Waals surface area contributed by atoms with E-state index in [1.54, 1.807) is 13.8 Å². The van der Waals surface area contributed by atoms with Gasteiger partial charge in [0, 0.05) is 11.1 Å². The summed E-state index contributed by atoms with van der Waals surface area (Å²) in [6, 6.07) is 0. The minimum absolute atomic E-state index is 0.0540. The lowest BCUT2D eigenvalue weighted by molar-refractivity contribution is -0.148. The highest BCUT2D eigenvalue weighted by Gasteiger charge is 2.32. The molecule has 0 radical (unpaired) electrons. The molecule has 0 spiro atoms. The second-order valence-corrected chi connectivity index (χ2v) is 7.44. The number of carbonyl (C=O) groups excluding carboxylic acids is 2. The maximum Gasteiger partial charge on any atom is 0.333 e. The molecule has 24 heavy (non-hydrogen) atoms. The third-order valence-electron chi connectivity index (χ3n) is 5.35. The second kappa shape index (κ2) is 8.50. The molecule has 0 aromatic heterocycles. The fraction of sp³-hybridized carbons (Fsp3) is 0.700. The maximum atomic E-state index is 11.6. The molecule has 0 saturated heterocycles. The fourth-order valence-electron chi connectivity index (χ4n) is 3.86. The van der Waals surface area contributed by atoms with Crippen molar-refractivity contribution in [3.8, 4) is 0 Å². The Morgan fingerprint density at radius 3 is 1.21 bits per heavy atom. The van der Waals surface area contributed by atoms with Crippen LogP contribution in [-0.2, 0) is 19.1 Å². The second-order valence-electron chi connectivity index (χ2n) is 7.44. The van der Waals surface area contributed by atoms with Gasteiger partial charge in [0.05, 0.1) is 0 Å². The summed E-state index contributed by atoms with van der Waals surface area (Å²) in [5, 5.41) is 0. The summed E-state index contributed by atoms with van der Waals surface area (Å²) >= 11 is 0. The van der Waals surface area contributed by atoms with Gasteiger partial charge in [-0.05, 0) is 77.0 Å². The zero-order valence-corrected chi connectivity index (χ0v) is 15.0. The van der Waals surface area contributed by atoms with Crippen molar-refractivity contribution in [1.29, 1.82) is 0 Å². The van der Waals surface area contributed by atoms with Crippen LogP contribution in [0.5, 0.6) is 0 Å². The van der Waals surface area contributed by atoms with E-state index in [0.717, 1.165) is 51.4 Å². The Kier molecular flexibility index (Phi) is 6.64. The molecule has 134 valence electrons. The van der Waals surface area contributed by atoms with Crippen LogP contribution >= 0.6 is 0 Å². The monoisotopic (exact) mass is 334 g/mol. The van der Waals surface area contributed by atoms with Crippen molar-refractivity contribution in [3.63, 3.8) is 0 Å². The topological polar surface area (TPSA) is 52.6 Å².